The number of fused-ring (bicyclic) bond motifs is 2. The Morgan fingerprint density at radius 2 is 1.07 bits per heavy atom. The van der Waals surface area contributed by atoms with E-state index in [1.165, 1.54) is 52.7 Å². The van der Waals surface area contributed by atoms with Crippen LogP contribution < -0.4 is 0 Å². The summed E-state index contributed by atoms with van der Waals surface area (Å²) in [6.07, 6.45) is 1.33. The molecule has 0 amide bonds. The summed E-state index contributed by atoms with van der Waals surface area (Å²) in [4.78, 5) is 5.36. The fourth-order valence-corrected chi connectivity index (χ4v) is 6.40. The van der Waals surface area contributed by atoms with Gasteiger partial charge in [0.25, 0.3) is 0 Å². The highest BCUT2D eigenvalue weighted by Gasteiger charge is 2.48. The van der Waals surface area contributed by atoms with Crippen molar-refractivity contribution in [1.29, 1.82) is 0 Å². The second-order valence-electron chi connectivity index (χ2n) is 9.27. The summed E-state index contributed by atoms with van der Waals surface area (Å²) in [6.45, 7) is 11.8. The number of hydrogen-bond acceptors (Lipinski definition) is 2. The second-order valence-corrected chi connectivity index (χ2v) is 11.0. The number of halogens is 2. The molecule has 2 saturated heterocycles. The molecule has 0 radical (unpaired) electrons. The normalized spacial score (nSPS) is 29.0. The van der Waals surface area contributed by atoms with Gasteiger partial charge in [-0.05, 0) is 40.5 Å². The Balaban J connectivity index is 1.49. The predicted octanol–water partition coefficient (Wildman–Crippen LogP) is 5.95. The van der Waals surface area contributed by atoms with E-state index >= 15 is 0 Å². The lowest BCUT2D eigenvalue weighted by Gasteiger charge is -2.57. The van der Waals surface area contributed by atoms with E-state index in [4.69, 9.17) is 0 Å². The first-order chi connectivity index (χ1) is 12.8. The van der Waals surface area contributed by atoms with E-state index < -0.39 is 0 Å². The van der Waals surface area contributed by atoms with E-state index in [0.29, 0.717) is 10.8 Å². The van der Waals surface area contributed by atoms with Gasteiger partial charge in [0.05, 0.1) is 0 Å². The van der Waals surface area contributed by atoms with Gasteiger partial charge >= 0.3 is 0 Å². The van der Waals surface area contributed by atoms with Crippen LogP contribution in [0.2, 0.25) is 0 Å². The molecule has 0 atom stereocenters. The Labute approximate surface area is 180 Å². The van der Waals surface area contributed by atoms with Crippen molar-refractivity contribution in [3.63, 3.8) is 0 Å². The lowest BCUT2D eigenvalue weighted by Crippen LogP contribution is -2.61. The maximum atomic E-state index is 3.73. The molecular formula is C23H28Br2N2. The van der Waals surface area contributed by atoms with Crippen LogP contribution in [0.1, 0.15) is 31.4 Å². The van der Waals surface area contributed by atoms with Crippen molar-refractivity contribution in [3.8, 4) is 0 Å². The fraction of sp³-hybridized carbons (Fsp3) is 0.478. The lowest BCUT2D eigenvalue weighted by molar-refractivity contribution is -0.0792. The molecule has 2 nitrogen and oxygen atoms in total. The summed E-state index contributed by atoms with van der Waals surface area (Å²) in [7, 11) is 0. The van der Waals surface area contributed by atoms with Crippen molar-refractivity contribution < 1.29 is 0 Å². The third-order valence-electron chi connectivity index (χ3n) is 5.98. The number of piperidine rings is 2. The van der Waals surface area contributed by atoms with E-state index in [-0.39, 0.29) is 0 Å². The average molecular weight is 492 g/mol. The summed E-state index contributed by atoms with van der Waals surface area (Å²) >= 11 is 7.45. The quantitative estimate of drug-likeness (QED) is 0.521. The largest absolute Gasteiger partial charge is 0.298 e. The smallest absolute Gasteiger partial charge is 0.0245 e. The van der Waals surface area contributed by atoms with Crippen molar-refractivity contribution in [1.82, 2.24) is 9.80 Å². The fourth-order valence-electron chi connectivity index (χ4n) is 5.58. The summed E-state index contributed by atoms with van der Waals surface area (Å²) in [5.74, 6) is 0. The van der Waals surface area contributed by atoms with Crippen molar-refractivity contribution in [2.24, 2.45) is 10.8 Å². The Morgan fingerprint density at radius 3 is 1.44 bits per heavy atom. The van der Waals surface area contributed by atoms with Crippen molar-refractivity contribution in [2.75, 3.05) is 26.2 Å². The molecule has 2 bridgehead atoms. The van der Waals surface area contributed by atoms with Crippen LogP contribution in [0.4, 0.5) is 0 Å². The Morgan fingerprint density at radius 1 is 0.704 bits per heavy atom. The topological polar surface area (TPSA) is 6.48 Å². The van der Waals surface area contributed by atoms with Crippen molar-refractivity contribution in [2.45, 2.75) is 33.4 Å². The zero-order chi connectivity index (χ0) is 19.1. The third-order valence-corrected chi connectivity index (χ3v) is 7.53. The molecule has 0 unspecified atom stereocenters. The first-order valence-electron chi connectivity index (χ1n) is 9.76. The number of benzene rings is 2. The van der Waals surface area contributed by atoms with Crippen LogP contribution in [0.15, 0.2) is 57.5 Å². The van der Waals surface area contributed by atoms with Crippen LogP contribution in [0.3, 0.4) is 0 Å². The molecule has 0 saturated carbocycles. The zero-order valence-corrected chi connectivity index (χ0v) is 19.4. The Hall–Kier alpha value is -0.680. The van der Waals surface area contributed by atoms with Crippen LogP contribution in [0, 0.1) is 10.8 Å². The minimum atomic E-state index is 0.355. The molecule has 0 aliphatic carbocycles. The van der Waals surface area contributed by atoms with Crippen LogP contribution in [0.5, 0.6) is 0 Å². The van der Waals surface area contributed by atoms with E-state index in [2.05, 4.69) is 104 Å². The Kier molecular flexibility index (Phi) is 5.54. The van der Waals surface area contributed by atoms with Gasteiger partial charge in [0, 0.05) is 48.2 Å². The minimum absolute atomic E-state index is 0.355. The molecular weight excluding hydrogens is 464 g/mol. The molecule has 2 aliphatic rings. The summed E-state index contributed by atoms with van der Waals surface area (Å²) in [5.41, 5.74) is 3.51. The van der Waals surface area contributed by atoms with Gasteiger partial charge in [-0.15, -0.1) is 0 Å². The Bertz CT molecular complexity index is 740. The monoisotopic (exact) mass is 490 g/mol. The molecule has 2 fully saturated rings. The average Bonchev–Trinajstić information content (AvgIpc) is 2.57. The molecule has 27 heavy (non-hydrogen) atoms. The summed E-state index contributed by atoms with van der Waals surface area (Å²) in [6, 6.07) is 17.3. The third kappa shape index (κ3) is 4.50. The van der Waals surface area contributed by atoms with Crippen molar-refractivity contribution >= 4 is 31.9 Å². The highest BCUT2D eigenvalue weighted by molar-refractivity contribution is 9.10. The number of nitrogens with zero attached hydrogens (tertiary/aromatic N) is 2. The summed E-state index contributed by atoms with van der Waals surface area (Å²) < 4.78 is 2.46. The van der Waals surface area contributed by atoms with Gasteiger partial charge in [-0.3, -0.25) is 9.80 Å². The molecule has 0 aromatic heterocycles. The summed E-state index contributed by atoms with van der Waals surface area (Å²) in [5, 5.41) is 0. The van der Waals surface area contributed by atoms with Crippen LogP contribution >= 0.6 is 31.9 Å². The molecule has 2 aromatic rings. The molecule has 2 heterocycles. The molecule has 4 heteroatoms. The minimum Gasteiger partial charge on any atom is -0.298 e. The van der Waals surface area contributed by atoms with E-state index in [9.17, 15) is 0 Å². The van der Waals surface area contributed by atoms with Gasteiger partial charge in [0.1, 0.15) is 0 Å². The maximum Gasteiger partial charge on any atom is 0.0245 e. The van der Waals surface area contributed by atoms with E-state index in [1.807, 2.05) is 0 Å². The molecule has 2 aliphatic heterocycles. The first-order valence-corrected chi connectivity index (χ1v) is 11.3. The number of likely N-dealkylation sites (tertiary alicyclic amines) is 2. The zero-order valence-electron chi connectivity index (χ0n) is 16.2. The molecule has 0 spiro atoms. The predicted molar refractivity (Wildman–Crippen MR) is 120 cm³/mol. The SMILES string of the molecule is CC12CN(Cc3ccccc3Br)CC(C)(CN(Cc3ccccc3Br)C1)C2. The van der Waals surface area contributed by atoms with E-state index in [1.54, 1.807) is 0 Å². The second kappa shape index (κ2) is 7.62. The maximum absolute atomic E-state index is 3.73. The highest BCUT2D eigenvalue weighted by Crippen LogP contribution is 2.46. The van der Waals surface area contributed by atoms with E-state index in [0.717, 1.165) is 13.1 Å². The van der Waals surface area contributed by atoms with Crippen LogP contribution in [0.25, 0.3) is 0 Å². The molecule has 144 valence electrons. The van der Waals surface area contributed by atoms with Crippen molar-refractivity contribution in [3.05, 3.63) is 68.6 Å². The van der Waals surface area contributed by atoms with Gasteiger partial charge in [-0.2, -0.15) is 0 Å². The van der Waals surface area contributed by atoms with Gasteiger partial charge < -0.3 is 0 Å². The van der Waals surface area contributed by atoms with Crippen LogP contribution in [-0.4, -0.2) is 36.0 Å². The molecule has 2 aromatic carbocycles. The molecule has 4 rings (SSSR count). The van der Waals surface area contributed by atoms with Gasteiger partial charge in [-0.1, -0.05) is 82.1 Å². The highest BCUT2D eigenvalue weighted by atomic mass is 79.9. The van der Waals surface area contributed by atoms with Gasteiger partial charge in [-0.25, -0.2) is 0 Å². The molecule has 0 N–H and O–H groups in total. The van der Waals surface area contributed by atoms with Crippen LogP contribution in [-0.2, 0) is 13.1 Å². The number of rotatable bonds is 4. The first kappa shape index (κ1) is 19.6. The number of hydrogen-bond donors (Lipinski definition) is 0. The van der Waals surface area contributed by atoms with Gasteiger partial charge in [0.15, 0.2) is 0 Å². The van der Waals surface area contributed by atoms with Gasteiger partial charge in [0.2, 0.25) is 0 Å². The standard InChI is InChI=1S/C23H28Br2N2/c1-22-13-23(2,16-26(14-22)11-18-7-3-5-9-20(18)24)17-27(15-22)12-19-8-4-6-10-21(19)25/h3-10H,11-17H2,1-2H3. The lowest BCUT2D eigenvalue weighted by atomic mass is 9.65.